The van der Waals surface area contributed by atoms with Gasteiger partial charge in [-0.3, -0.25) is 0 Å². The standard InChI is InChI=1S/C17H20BrNO2/c1-13-2-4-14(5-3-13)10-19-11-16(20)12-21-17-8-6-15(18)7-9-17/h2-9,16,19-20H,10-12H2,1H3. The van der Waals surface area contributed by atoms with Crippen LogP contribution in [0.2, 0.25) is 0 Å². The second kappa shape index (κ2) is 8.17. The minimum atomic E-state index is -0.529. The summed E-state index contributed by atoms with van der Waals surface area (Å²) in [5.74, 6) is 0.760. The summed E-state index contributed by atoms with van der Waals surface area (Å²) in [5.41, 5.74) is 2.46. The van der Waals surface area contributed by atoms with Crippen LogP contribution in [0.15, 0.2) is 53.0 Å². The van der Waals surface area contributed by atoms with E-state index in [0.29, 0.717) is 6.54 Å². The number of nitrogens with one attached hydrogen (secondary N) is 1. The first-order valence-corrected chi connectivity index (χ1v) is 7.75. The van der Waals surface area contributed by atoms with E-state index in [0.717, 1.165) is 16.8 Å². The Morgan fingerprint density at radius 2 is 1.76 bits per heavy atom. The van der Waals surface area contributed by atoms with E-state index in [4.69, 9.17) is 4.74 Å². The summed E-state index contributed by atoms with van der Waals surface area (Å²) in [7, 11) is 0. The molecule has 0 bridgehead atoms. The molecule has 2 N–H and O–H groups in total. The van der Waals surface area contributed by atoms with Crippen molar-refractivity contribution >= 4 is 15.9 Å². The number of hydrogen-bond donors (Lipinski definition) is 2. The van der Waals surface area contributed by atoms with Gasteiger partial charge in [0.2, 0.25) is 0 Å². The Morgan fingerprint density at radius 1 is 1.10 bits per heavy atom. The van der Waals surface area contributed by atoms with Crippen LogP contribution < -0.4 is 10.1 Å². The van der Waals surface area contributed by atoms with Crippen molar-refractivity contribution in [2.75, 3.05) is 13.2 Å². The third-order valence-corrected chi connectivity index (χ3v) is 3.61. The van der Waals surface area contributed by atoms with Crippen molar-refractivity contribution in [1.29, 1.82) is 0 Å². The van der Waals surface area contributed by atoms with Crippen LogP contribution in [0.4, 0.5) is 0 Å². The summed E-state index contributed by atoms with van der Waals surface area (Å²) in [5, 5.41) is 13.1. The predicted octanol–water partition coefficient (Wildman–Crippen LogP) is 3.29. The Labute approximate surface area is 134 Å². The second-order valence-electron chi connectivity index (χ2n) is 5.04. The van der Waals surface area contributed by atoms with Crippen LogP contribution in [0.25, 0.3) is 0 Å². The Bertz CT molecular complexity index is 540. The molecule has 21 heavy (non-hydrogen) atoms. The first-order valence-electron chi connectivity index (χ1n) is 6.96. The molecule has 3 nitrogen and oxygen atoms in total. The van der Waals surface area contributed by atoms with Crippen LogP contribution in [0.3, 0.4) is 0 Å². The molecule has 1 atom stereocenters. The third-order valence-electron chi connectivity index (χ3n) is 3.09. The van der Waals surface area contributed by atoms with Gasteiger partial charge in [-0.05, 0) is 36.8 Å². The van der Waals surface area contributed by atoms with E-state index >= 15 is 0 Å². The topological polar surface area (TPSA) is 41.5 Å². The third kappa shape index (κ3) is 5.87. The number of benzene rings is 2. The maximum atomic E-state index is 9.89. The molecular weight excluding hydrogens is 330 g/mol. The number of halogens is 1. The summed E-state index contributed by atoms with van der Waals surface area (Å²) in [6.45, 7) is 3.60. The lowest BCUT2D eigenvalue weighted by Gasteiger charge is -2.13. The minimum Gasteiger partial charge on any atom is -0.491 e. The molecule has 2 rings (SSSR count). The summed E-state index contributed by atoms with van der Waals surface area (Å²) in [6.07, 6.45) is -0.529. The van der Waals surface area contributed by atoms with Gasteiger partial charge in [0.1, 0.15) is 18.5 Å². The number of aliphatic hydroxyl groups excluding tert-OH is 1. The maximum Gasteiger partial charge on any atom is 0.119 e. The summed E-state index contributed by atoms with van der Waals surface area (Å²) < 4.78 is 6.54. The Balaban J connectivity index is 1.66. The number of ether oxygens (including phenoxy) is 1. The van der Waals surface area contributed by atoms with Crippen LogP contribution in [0.1, 0.15) is 11.1 Å². The van der Waals surface area contributed by atoms with Gasteiger partial charge in [-0.1, -0.05) is 45.8 Å². The van der Waals surface area contributed by atoms with Gasteiger partial charge in [0.15, 0.2) is 0 Å². The molecule has 0 aromatic heterocycles. The van der Waals surface area contributed by atoms with Gasteiger partial charge in [0, 0.05) is 17.6 Å². The average Bonchev–Trinajstić information content (AvgIpc) is 2.49. The van der Waals surface area contributed by atoms with E-state index in [-0.39, 0.29) is 6.61 Å². The zero-order valence-corrected chi connectivity index (χ0v) is 13.6. The molecule has 0 aliphatic carbocycles. The van der Waals surface area contributed by atoms with Gasteiger partial charge in [0.05, 0.1) is 0 Å². The number of aliphatic hydroxyl groups is 1. The Morgan fingerprint density at radius 3 is 2.43 bits per heavy atom. The lowest BCUT2D eigenvalue weighted by Crippen LogP contribution is -2.31. The summed E-state index contributed by atoms with van der Waals surface area (Å²) >= 11 is 3.37. The summed E-state index contributed by atoms with van der Waals surface area (Å²) in [6, 6.07) is 15.9. The maximum absolute atomic E-state index is 9.89. The molecule has 0 radical (unpaired) electrons. The molecule has 0 amide bonds. The first-order chi connectivity index (χ1) is 10.1. The molecule has 0 fully saturated rings. The molecule has 2 aromatic rings. The molecule has 0 spiro atoms. The zero-order valence-electron chi connectivity index (χ0n) is 12.1. The fourth-order valence-electron chi connectivity index (χ4n) is 1.87. The fourth-order valence-corrected chi connectivity index (χ4v) is 2.14. The van der Waals surface area contributed by atoms with E-state index in [1.54, 1.807) is 0 Å². The van der Waals surface area contributed by atoms with Gasteiger partial charge in [-0.25, -0.2) is 0 Å². The molecule has 1 unspecified atom stereocenters. The number of hydrogen-bond acceptors (Lipinski definition) is 3. The first kappa shape index (κ1) is 16.0. The zero-order chi connectivity index (χ0) is 15.1. The second-order valence-corrected chi connectivity index (χ2v) is 5.95. The molecule has 112 valence electrons. The minimum absolute atomic E-state index is 0.280. The van der Waals surface area contributed by atoms with Crippen molar-refractivity contribution in [2.45, 2.75) is 19.6 Å². The van der Waals surface area contributed by atoms with Gasteiger partial charge >= 0.3 is 0 Å². The average molecular weight is 350 g/mol. The van der Waals surface area contributed by atoms with Crippen molar-refractivity contribution in [3.8, 4) is 5.75 Å². The Hall–Kier alpha value is -1.36. The van der Waals surface area contributed by atoms with E-state index in [1.807, 2.05) is 24.3 Å². The number of rotatable bonds is 7. The van der Waals surface area contributed by atoms with Gasteiger partial charge < -0.3 is 15.2 Å². The van der Waals surface area contributed by atoms with E-state index in [1.165, 1.54) is 11.1 Å². The van der Waals surface area contributed by atoms with Gasteiger partial charge in [-0.15, -0.1) is 0 Å². The van der Waals surface area contributed by atoms with Crippen LogP contribution in [-0.4, -0.2) is 24.4 Å². The van der Waals surface area contributed by atoms with Crippen molar-refractivity contribution in [2.24, 2.45) is 0 Å². The highest BCUT2D eigenvalue weighted by Crippen LogP contribution is 2.16. The van der Waals surface area contributed by atoms with Crippen LogP contribution in [0, 0.1) is 6.92 Å². The smallest absolute Gasteiger partial charge is 0.119 e. The molecule has 4 heteroatoms. The van der Waals surface area contributed by atoms with Gasteiger partial charge in [-0.2, -0.15) is 0 Å². The van der Waals surface area contributed by atoms with Gasteiger partial charge in [0.25, 0.3) is 0 Å². The quantitative estimate of drug-likeness (QED) is 0.805. The van der Waals surface area contributed by atoms with Crippen molar-refractivity contribution in [3.05, 3.63) is 64.1 Å². The molecule has 0 heterocycles. The van der Waals surface area contributed by atoms with E-state index in [9.17, 15) is 5.11 Å². The predicted molar refractivity (Wildman–Crippen MR) is 88.5 cm³/mol. The highest BCUT2D eigenvalue weighted by atomic mass is 79.9. The fraction of sp³-hybridized carbons (Fsp3) is 0.294. The van der Waals surface area contributed by atoms with Crippen molar-refractivity contribution in [1.82, 2.24) is 5.32 Å². The SMILES string of the molecule is Cc1ccc(CNCC(O)COc2ccc(Br)cc2)cc1. The normalized spacial score (nSPS) is 12.1. The Kier molecular flexibility index (Phi) is 6.23. The number of aryl methyl sites for hydroxylation is 1. The monoisotopic (exact) mass is 349 g/mol. The lowest BCUT2D eigenvalue weighted by molar-refractivity contribution is 0.106. The van der Waals surface area contributed by atoms with E-state index in [2.05, 4.69) is 52.4 Å². The van der Waals surface area contributed by atoms with Crippen LogP contribution in [-0.2, 0) is 6.54 Å². The van der Waals surface area contributed by atoms with Crippen molar-refractivity contribution in [3.63, 3.8) is 0 Å². The van der Waals surface area contributed by atoms with Crippen molar-refractivity contribution < 1.29 is 9.84 Å². The largest absolute Gasteiger partial charge is 0.491 e. The lowest BCUT2D eigenvalue weighted by atomic mass is 10.1. The molecule has 2 aromatic carbocycles. The molecular formula is C17H20BrNO2. The van der Waals surface area contributed by atoms with Crippen LogP contribution in [0.5, 0.6) is 5.75 Å². The highest BCUT2D eigenvalue weighted by Gasteiger charge is 2.05. The summed E-state index contributed by atoms with van der Waals surface area (Å²) in [4.78, 5) is 0. The van der Waals surface area contributed by atoms with E-state index < -0.39 is 6.10 Å². The highest BCUT2D eigenvalue weighted by molar-refractivity contribution is 9.10. The molecule has 0 saturated carbocycles. The molecule has 0 aliphatic heterocycles. The molecule has 0 saturated heterocycles. The van der Waals surface area contributed by atoms with Crippen LogP contribution >= 0.6 is 15.9 Å². The molecule has 0 aliphatic rings.